The highest BCUT2D eigenvalue weighted by atomic mass is 32.2. The summed E-state index contributed by atoms with van der Waals surface area (Å²) in [4.78, 5) is 12.4. The summed E-state index contributed by atoms with van der Waals surface area (Å²) in [6.45, 7) is 1.98. The van der Waals surface area contributed by atoms with Crippen molar-refractivity contribution < 1.29 is 9.18 Å². The van der Waals surface area contributed by atoms with Crippen LogP contribution in [0.2, 0.25) is 0 Å². The van der Waals surface area contributed by atoms with Gasteiger partial charge in [-0.05, 0) is 42.2 Å². The van der Waals surface area contributed by atoms with Crippen molar-refractivity contribution in [3.63, 3.8) is 0 Å². The number of nitrogens with zero attached hydrogens (tertiary/aromatic N) is 3. The Morgan fingerprint density at radius 2 is 1.92 bits per heavy atom. The summed E-state index contributed by atoms with van der Waals surface area (Å²) >= 11 is 1.47. The second-order valence-electron chi connectivity index (χ2n) is 5.28. The van der Waals surface area contributed by atoms with Crippen LogP contribution in [0.1, 0.15) is 22.8 Å². The lowest BCUT2D eigenvalue weighted by Crippen LogP contribution is -2.13. The fraction of sp³-hybridized carbons (Fsp3) is 0.105. The number of anilines is 1. The summed E-state index contributed by atoms with van der Waals surface area (Å²) in [6.07, 6.45) is 0. The molecule has 1 aromatic heterocycles. The summed E-state index contributed by atoms with van der Waals surface area (Å²) in [5, 5.41) is 17.3. The minimum Gasteiger partial charge on any atom is -0.304 e. The number of carbonyl (C=O) groups excluding carboxylic acids is 1. The molecule has 0 atom stereocenters. The monoisotopic (exact) mass is 366 g/mol. The normalized spacial score (nSPS) is 10.3. The van der Waals surface area contributed by atoms with E-state index in [1.807, 2.05) is 37.3 Å². The molecule has 130 valence electrons. The van der Waals surface area contributed by atoms with Crippen molar-refractivity contribution in [1.29, 1.82) is 5.26 Å². The Hall–Kier alpha value is -3.11. The molecule has 0 bridgehead atoms. The third-order valence-electron chi connectivity index (χ3n) is 3.58. The van der Waals surface area contributed by atoms with Crippen molar-refractivity contribution in [3.05, 3.63) is 71.5 Å². The van der Waals surface area contributed by atoms with E-state index < -0.39 is 11.7 Å². The van der Waals surface area contributed by atoms with Crippen molar-refractivity contribution in [2.75, 3.05) is 11.1 Å². The maximum Gasteiger partial charge on any atom is 0.256 e. The number of carbonyl (C=O) groups is 1. The summed E-state index contributed by atoms with van der Waals surface area (Å²) in [7, 11) is 0. The first-order valence-corrected chi connectivity index (χ1v) is 8.91. The topological polar surface area (TPSA) is 70.7 Å². The number of nitrogens with one attached hydrogen (secondary N) is 1. The predicted molar refractivity (Wildman–Crippen MR) is 99.0 cm³/mol. The number of thioether (sulfide) groups is 1. The molecule has 0 spiro atoms. The van der Waals surface area contributed by atoms with Gasteiger partial charge in [-0.3, -0.25) is 4.79 Å². The third kappa shape index (κ3) is 3.60. The number of halogens is 1. The van der Waals surface area contributed by atoms with Crippen LogP contribution in [0.3, 0.4) is 0 Å². The van der Waals surface area contributed by atoms with E-state index in [2.05, 4.69) is 16.5 Å². The van der Waals surface area contributed by atoms with Gasteiger partial charge >= 0.3 is 0 Å². The average Bonchev–Trinajstić information content (AvgIpc) is 3.00. The molecular weight excluding hydrogens is 351 g/mol. The van der Waals surface area contributed by atoms with E-state index in [1.165, 1.54) is 36.0 Å². The highest BCUT2D eigenvalue weighted by molar-refractivity contribution is 7.99. The molecule has 0 fully saturated rings. The van der Waals surface area contributed by atoms with E-state index in [0.29, 0.717) is 10.6 Å². The molecule has 0 radical (unpaired) electrons. The van der Waals surface area contributed by atoms with E-state index in [1.54, 1.807) is 4.68 Å². The molecule has 0 saturated heterocycles. The molecule has 0 aliphatic carbocycles. The zero-order valence-electron chi connectivity index (χ0n) is 13.9. The largest absolute Gasteiger partial charge is 0.304 e. The number of nitriles is 1. The van der Waals surface area contributed by atoms with E-state index in [0.717, 1.165) is 11.4 Å². The molecule has 1 N–H and O–H groups in total. The molecule has 2 aromatic carbocycles. The maximum atomic E-state index is 13.0. The van der Waals surface area contributed by atoms with E-state index in [9.17, 15) is 14.4 Å². The van der Waals surface area contributed by atoms with Gasteiger partial charge in [0.25, 0.3) is 5.91 Å². The van der Waals surface area contributed by atoms with Gasteiger partial charge in [-0.2, -0.15) is 5.26 Å². The fourth-order valence-electron chi connectivity index (χ4n) is 2.39. The van der Waals surface area contributed by atoms with E-state index >= 15 is 0 Å². The van der Waals surface area contributed by atoms with Gasteiger partial charge in [0.05, 0.1) is 5.69 Å². The Balaban J connectivity index is 2.00. The maximum absolute atomic E-state index is 13.0. The van der Waals surface area contributed by atoms with Crippen molar-refractivity contribution in [2.24, 2.45) is 0 Å². The van der Waals surface area contributed by atoms with Gasteiger partial charge < -0.3 is 5.32 Å². The minimum atomic E-state index is -0.452. The highest BCUT2D eigenvalue weighted by Crippen LogP contribution is 2.30. The number of rotatable bonds is 5. The van der Waals surface area contributed by atoms with Crippen molar-refractivity contribution >= 4 is 23.5 Å². The van der Waals surface area contributed by atoms with Crippen LogP contribution in [-0.2, 0) is 0 Å². The van der Waals surface area contributed by atoms with Crippen LogP contribution in [-0.4, -0.2) is 21.4 Å². The lowest BCUT2D eigenvalue weighted by Gasteiger charge is -2.05. The van der Waals surface area contributed by atoms with Crippen LogP contribution in [0, 0.1) is 17.1 Å². The summed E-state index contributed by atoms with van der Waals surface area (Å²) in [5.74, 6) is 0.0570. The second-order valence-corrected chi connectivity index (χ2v) is 6.53. The summed E-state index contributed by atoms with van der Waals surface area (Å²) < 4.78 is 14.7. The Labute approximate surface area is 154 Å². The lowest BCUT2D eigenvalue weighted by molar-refractivity contribution is 0.102. The van der Waals surface area contributed by atoms with Gasteiger partial charge in [0, 0.05) is 5.56 Å². The third-order valence-corrected chi connectivity index (χ3v) is 4.51. The summed E-state index contributed by atoms with van der Waals surface area (Å²) in [5.41, 5.74) is 1.38. The van der Waals surface area contributed by atoms with Crippen molar-refractivity contribution in [2.45, 2.75) is 11.9 Å². The first-order valence-electron chi connectivity index (χ1n) is 7.92. The predicted octanol–water partition coefficient (Wildman–Crippen LogP) is 4.25. The standard InChI is InChI=1S/C19H15FN4OS/c1-2-26-19-16(12-21)17(23-24(19)15-6-4-3-5-7-15)22-18(25)13-8-10-14(20)11-9-13/h3-11H,2H2,1H3,(H,22,23,25). The lowest BCUT2D eigenvalue weighted by atomic mass is 10.2. The molecule has 1 heterocycles. The van der Waals surface area contributed by atoms with Crippen molar-refractivity contribution in [1.82, 2.24) is 9.78 Å². The smallest absolute Gasteiger partial charge is 0.256 e. The quantitative estimate of drug-likeness (QED) is 0.686. The fourth-order valence-corrected chi connectivity index (χ4v) is 3.21. The second kappa shape index (κ2) is 7.85. The van der Waals surface area contributed by atoms with Gasteiger partial charge in [0.1, 0.15) is 22.5 Å². The number of para-hydroxylation sites is 1. The van der Waals surface area contributed by atoms with Gasteiger partial charge in [-0.25, -0.2) is 9.07 Å². The Morgan fingerprint density at radius 1 is 1.23 bits per heavy atom. The first kappa shape index (κ1) is 17.7. The molecular formula is C19H15FN4OS. The van der Waals surface area contributed by atoms with Crippen LogP contribution in [0.5, 0.6) is 0 Å². The van der Waals surface area contributed by atoms with Crippen LogP contribution >= 0.6 is 11.8 Å². The van der Waals surface area contributed by atoms with Crippen molar-refractivity contribution in [3.8, 4) is 11.8 Å². The van der Waals surface area contributed by atoms with Gasteiger partial charge in [0.2, 0.25) is 0 Å². The molecule has 26 heavy (non-hydrogen) atoms. The summed E-state index contributed by atoms with van der Waals surface area (Å²) in [6, 6.07) is 16.7. The van der Waals surface area contributed by atoms with E-state index in [-0.39, 0.29) is 11.4 Å². The molecule has 0 aliphatic rings. The SMILES string of the molecule is CCSc1c(C#N)c(NC(=O)c2ccc(F)cc2)nn1-c1ccccc1. The molecule has 3 aromatic rings. The molecule has 5 nitrogen and oxygen atoms in total. The number of benzene rings is 2. The highest BCUT2D eigenvalue weighted by Gasteiger charge is 2.21. The molecule has 1 amide bonds. The van der Waals surface area contributed by atoms with Crippen LogP contribution in [0.15, 0.2) is 59.6 Å². The van der Waals surface area contributed by atoms with Crippen LogP contribution < -0.4 is 5.32 Å². The molecule has 0 saturated carbocycles. The van der Waals surface area contributed by atoms with Crippen LogP contribution in [0.4, 0.5) is 10.2 Å². The molecule has 7 heteroatoms. The average molecular weight is 366 g/mol. The minimum absolute atomic E-state index is 0.182. The molecule has 3 rings (SSSR count). The number of hydrogen-bond acceptors (Lipinski definition) is 4. The zero-order chi connectivity index (χ0) is 18.5. The Bertz CT molecular complexity index is 962. The number of hydrogen-bond donors (Lipinski definition) is 1. The molecule has 0 unspecified atom stereocenters. The van der Waals surface area contributed by atoms with Crippen LogP contribution in [0.25, 0.3) is 5.69 Å². The first-order chi connectivity index (χ1) is 12.6. The van der Waals surface area contributed by atoms with E-state index in [4.69, 9.17) is 0 Å². The Kier molecular flexibility index (Phi) is 5.34. The number of aromatic nitrogens is 2. The Morgan fingerprint density at radius 3 is 2.54 bits per heavy atom. The molecule has 0 aliphatic heterocycles. The van der Waals surface area contributed by atoms with Gasteiger partial charge in [-0.1, -0.05) is 25.1 Å². The number of amides is 1. The zero-order valence-corrected chi connectivity index (χ0v) is 14.8. The van der Waals surface area contributed by atoms with Gasteiger partial charge in [-0.15, -0.1) is 16.9 Å². The van der Waals surface area contributed by atoms with Gasteiger partial charge in [0.15, 0.2) is 5.82 Å².